The standard InChI is InChI=1S/C26H46N4S.2C2H6/c1-9-11-12-22-23-24(28-18-27-22)30(19-29-23)21-14-13-20(17-21)15-16-31(10-2,25(3,4)5)26(6,7)8;2*1-2/h18-21H,9-17H2,1-8H3;2*1-2H3. The molecule has 2 aromatic rings. The van der Waals surface area contributed by atoms with Crippen LogP contribution in [0.1, 0.15) is 133 Å². The second-order valence-electron chi connectivity index (χ2n) is 11.5. The minimum atomic E-state index is -0.714. The van der Waals surface area contributed by atoms with Gasteiger partial charge in [0.25, 0.3) is 0 Å². The third-order valence-corrected chi connectivity index (χ3v) is 14.4. The van der Waals surface area contributed by atoms with E-state index in [2.05, 4.69) is 69.9 Å². The summed E-state index contributed by atoms with van der Waals surface area (Å²) in [6.45, 7) is 27.6. The molecule has 0 spiro atoms. The highest BCUT2D eigenvalue weighted by Gasteiger charge is 2.44. The van der Waals surface area contributed by atoms with Crippen LogP contribution in [0.15, 0.2) is 12.7 Å². The number of unbranched alkanes of at least 4 members (excludes halogenated alkanes) is 1. The summed E-state index contributed by atoms with van der Waals surface area (Å²) in [5, 5.41) is 0. The fourth-order valence-corrected chi connectivity index (χ4v) is 12.0. The van der Waals surface area contributed by atoms with E-state index in [1.165, 1.54) is 43.6 Å². The predicted molar refractivity (Wildman–Crippen MR) is 160 cm³/mol. The first-order chi connectivity index (χ1) is 16.5. The van der Waals surface area contributed by atoms with Crippen LogP contribution < -0.4 is 0 Å². The molecule has 0 N–H and O–H groups in total. The van der Waals surface area contributed by atoms with Crippen LogP contribution >= 0.6 is 10.0 Å². The molecule has 3 rings (SSSR count). The summed E-state index contributed by atoms with van der Waals surface area (Å²) >= 11 is 0. The molecular weight excluding hydrogens is 448 g/mol. The zero-order valence-corrected chi connectivity index (χ0v) is 26.2. The Labute approximate surface area is 219 Å². The first kappa shape index (κ1) is 31.9. The number of rotatable bonds is 8. The van der Waals surface area contributed by atoms with Gasteiger partial charge in [0, 0.05) is 6.04 Å². The zero-order chi connectivity index (χ0) is 26.9. The highest BCUT2D eigenvalue weighted by Crippen LogP contribution is 2.68. The quantitative estimate of drug-likeness (QED) is 0.358. The molecule has 204 valence electrons. The molecule has 2 atom stereocenters. The van der Waals surface area contributed by atoms with Crippen molar-refractivity contribution in [2.75, 3.05) is 11.5 Å². The van der Waals surface area contributed by atoms with Crippen LogP contribution in [0.2, 0.25) is 0 Å². The molecule has 4 nitrogen and oxygen atoms in total. The van der Waals surface area contributed by atoms with Gasteiger partial charge in [0.1, 0.15) is 11.8 Å². The van der Waals surface area contributed by atoms with Crippen molar-refractivity contribution in [3.63, 3.8) is 0 Å². The average molecular weight is 507 g/mol. The molecule has 1 saturated carbocycles. The van der Waals surface area contributed by atoms with Gasteiger partial charge in [-0.15, -0.1) is 0 Å². The molecule has 0 bridgehead atoms. The van der Waals surface area contributed by atoms with Crippen molar-refractivity contribution < 1.29 is 0 Å². The first-order valence-corrected chi connectivity index (χ1v) is 16.5. The Morgan fingerprint density at radius 2 is 1.54 bits per heavy atom. The van der Waals surface area contributed by atoms with Crippen molar-refractivity contribution in [1.29, 1.82) is 0 Å². The maximum Gasteiger partial charge on any atom is 0.163 e. The van der Waals surface area contributed by atoms with E-state index in [9.17, 15) is 0 Å². The van der Waals surface area contributed by atoms with E-state index in [-0.39, 0.29) is 0 Å². The number of fused-ring (bicyclic) bond motifs is 1. The van der Waals surface area contributed by atoms with Crippen LogP contribution in [0.4, 0.5) is 0 Å². The Morgan fingerprint density at radius 3 is 2.09 bits per heavy atom. The molecule has 5 heteroatoms. The first-order valence-electron chi connectivity index (χ1n) is 14.5. The minimum absolute atomic E-state index is 0.393. The topological polar surface area (TPSA) is 43.6 Å². The van der Waals surface area contributed by atoms with E-state index in [0.29, 0.717) is 15.5 Å². The number of hydrogen-bond donors (Lipinski definition) is 0. The summed E-state index contributed by atoms with van der Waals surface area (Å²) in [5.41, 5.74) is 3.19. The van der Waals surface area contributed by atoms with Gasteiger partial charge in [0.2, 0.25) is 0 Å². The largest absolute Gasteiger partial charge is 0.312 e. The molecular formula is C30H58N4S. The molecule has 1 aliphatic carbocycles. The Morgan fingerprint density at radius 1 is 0.914 bits per heavy atom. The molecule has 1 fully saturated rings. The lowest BCUT2D eigenvalue weighted by Crippen LogP contribution is -2.41. The van der Waals surface area contributed by atoms with Crippen LogP contribution in [0.25, 0.3) is 11.2 Å². The highest BCUT2D eigenvalue weighted by atomic mass is 32.3. The third-order valence-electron chi connectivity index (χ3n) is 7.82. The summed E-state index contributed by atoms with van der Waals surface area (Å²) in [6.07, 6.45) is 12.4. The van der Waals surface area contributed by atoms with Crippen LogP contribution in [0, 0.1) is 5.92 Å². The van der Waals surface area contributed by atoms with Crippen LogP contribution in [0.5, 0.6) is 0 Å². The number of nitrogens with zero attached hydrogens (tertiary/aromatic N) is 4. The zero-order valence-electron chi connectivity index (χ0n) is 25.4. The van der Waals surface area contributed by atoms with E-state index in [4.69, 9.17) is 4.98 Å². The number of aromatic nitrogens is 4. The third kappa shape index (κ3) is 7.23. The molecule has 0 aliphatic heterocycles. The summed E-state index contributed by atoms with van der Waals surface area (Å²) in [7, 11) is -0.714. The van der Waals surface area contributed by atoms with E-state index in [1.807, 2.05) is 34.0 Å². The second kappa shape index (κ2) is 14.0. The van der Waals surface area contributed by atoms with Gasteiger partial charge in [-0.3, -0.25) is 0 Å². The molecule has 2 heterocycles. The molecule has 0 saturated heterocycles. The van der Waals surface area contributed by atoms with Gasteiger partial charge in [0.05, 0.1) is 12.0 Å². The molecule has 0 amide bonds. The second-order valence-corrected chi connectivity index (χ2v) is 16.7. The molecule has 0 aromatic carbocycles. The van der Waals surface area contributed by atoms with E-state index >= 15 is 0 Å². The summed E-state index contributed by atoms with van der Waals surface area (Å²) in [5.74, 6) is 3.56. The highest BCUT2D eigenvalue weighted by molar-refractivity contribution is 8.35. The van der Waals surface area contributed by atoms with Gasteiger partial charge in [-0.25, -0.2) is 25.0 Å². The lowest BCUT2D eigenvalue weighted by Gasteiger charge is -2.59. The lowest BCUT2D eigenvalue weighted by atomic mass is 10.1. The summed E-state index contributed by atoms with van der Waals surface area (Å²) in [6, 6.07) is 0.541. The fraction of sp³-hybridized carbons (Fsp3) is 0.833. The Hall–Kier alpha value is -1.10. The van der Waals surface area contributed by atoms with Gasteiger partial charge >= 0.3 is 0 Å². The van der Waals surface area contributed by atoms with Gasteiger partial charge in [-0.1, -0.05) is 89.5 Å². The lowest BCUT2D eigenvalue weighted by molar-refractivity contribution is 0.473. The summed E-state index contributed by atoms with van der Waals surface area (Å²) in [4.78, 5) is 13.9. The molecule has 35 heavy (non-hydrogen) atoms. The van der Waals surface area contributed by atoms with Crippen molar-refractivity contribution in [3.8, 4) is 0 Å². The van der Waals surface area contributed by atoms with Gasteiger partial charge < -0.3 is 4.57 Å². The normalized spacial score (nSPS) is 19.1. The van der Waals surface area contributed by atoms with E-state index in [0.717, 1.165) is 35.6 Å². The molecule has 0 radical (unpaired) electrons. The molecule has 1 aliphatic rings. The average Bonchev–Trinajstić information content (AvgIpc) is 3.46. The Balaban J connectivity index is 0.00000145. The smallest absolute Gasteiger partial charge is 0.163 e. The van der Waals surface area contributed by atoms with Crippen molar-refractivity contribution in [2.24, 2.45) is 5.92 Å². The van der Waals surface area contributed by atoms with Crippen molar-refractivity contribution in [3.05, 3.63) is 18.3 Å². The number of imidazole rings is 1. The maximum atomic E-state index is 4.75. The Kier molecular flexibility index (Phi) is 12.8. The van der Waals surface area contributed by atoms with Crippen molar-refractivity contribution >= 4 is 21.2 Å². The SMILES string of the molecule is CC.CC.CCCCc1ncnc2c1ncn2C1CCC(CCS(CC)(C(C)(C)C)C(C)(C)C)C1. The predicted octanol–water partition coefficient (Wildman–Crippen LogP) is 9.37. The van der Waals surface area contributed by atoms with Crippen LogP contribution in [-0.2, 0) is 6.42 Å². The van der Waals surface area contributed by atoms with E-state index < -0.39 is 10.0 Å². The molecule has 2 unspecified atom stereocenters. The van der Waals surface area contributed by atoms with Gasteiger partial charge in [0.15, 0.2) is 5.65 Å². The van der Waals surface area contributed by atoms with Gasteiger partial charge in [-0.2, -0.15) is 0 Å². The number of aryl methyl sites for hydroxylation is 1. The summed E-state index contributed by atoms with van der Waals surface area (Å²) < 4.78 is 3.15. The molecule has 2 aromatic heterocycles. The minimum Gasteiger partial charge on any atom is -0.312 e. The monoisotopic (exact) mass is 506 g/mol. The fourth-order valence-electron chi connectivity index (χ4n) is 6.17. The van der Waals surface area contributed by atoms with Gasteiger partial charge in [-0.05, 0) is 65.4 Å². The van der Waals surface area contributed by atoms with Crippen LogP contribution in [-0.4, -0.2) is 40.5 Å². The maximum absolute atomic E-state index is 4.75. The number of hydrogen-bond acceptors (Lipinski definition) is 3. The van der Waals surface area contributed by atoms with Crippen LogP contribution in [0.3, 0.4) is 0 Å². The van der Waals surface area contributed by atoms with Crippen molar-refractivity contribution in [2.45, 2.75) is 144 Å². The Bertz CT molecular complexity index is 845. The van der Waals surface area contributed by atoms with E-state index in [1.54, 1.807) is 6.33 Å². The van der Waals surface area contributed by atoms with Crippen molar-refractivity contribution in [1.82, 2.24) is 19.5 Å².